The molecule has 1 aromatic heterocycles. The molecule has 0 aliphatic carbocycles. The molecule has 126 valence electrons. The molecule has 2 N–H and O–H groups in total. The fraction of sp³-hybridized carbons (Fsp3) is 0.143. The highest BCUT2D eigenvalue weighted by atomic mass is 16.1. The number of benzene rings is 2. The summed E-state index contributed by atoms with van der Waals surface area (Å²) in [6.45, 7) is 2.77. The van der Waals surface area contributed by atoms with E-state index in [1.165, 1.54) is 5.56 Å². The third-order valence-corrected chi connectivity index (χ3v) is 3.98. The van der Waals surface area contributed by atoms with Gasteiger partial charge in [0.15, 0.2) is 0 Å². The quantitative estimate of drug-likeness (QED) is 0.699. The van der Waals surface area contributed by atoms with E-state index < -0.39 is 0 Å². The third-order valence-electron chi connectivity index (χ3n) is 3.98. The second-order valence-electron chi connectivity index (χ2n) is 5.73. The van der Waals surface area contributed by atoms with E-state index in [0.29, 0.717) is 12.2 Å². The lowest BCUT2D eigenvalue weighted by atomic mass is 10.1. The van der Waals surface area contributed by atoms with E-state index in [1.54, 1.807) is 12.3 Å². The van der Waals surface area contributed by atoms with Crippen LogP contribution in [0.5, 0.6) is 0 Å². The van der Waals surface area contributed by atoms with Crippen molar-refractivity contribution in [2.24, 2.45) is 0 Å². The maximum Gasteiger partial charge on any atom is 0.274 e. The Balaban J connectivity index is 1.69. The molecule has 0 bridgehead atoms. The lowest BCUT2D eigenvalue weighted by Crippen LogP contribution is -2.15. The zero-order valence-electron chi connectivity index (χ0n) is 14.2. The minimum absolute atomic E-state index is 0.204. The van der Waals surface area contributed by atoms with Crippen molar-refractivity contribution >= 4 is 17.3 Å². The van der Waals surface area contributed by atoms with E-state index in [2.05, 4.69) is 34.7 Å². The predicted molar refractivity (Wildman–Crippen MR) is 102 cm³/mol. The minimum Gasteiger partial charge on any atom is -0.381 e. The van der Waals surface area contributed by atoms with Gasteiger partial charge in [-0.05, 0) is 35.7 Å². The molecule has 1 heterocycles. The van der Waals surface area contributed by atoms with Crippen LogP contribution in [-0.4, -0.2) is 10.9 Å². The van der Waals surface area contributed by atoms with Crippen LogP contribution in [0.25, 0.3) is 0 Å². The number of carbonyl (C=O) groups is 1. The summed E-state index contributed by atoms with van der Waals surface area (Å²) >= 11 is 0. The van der Waals surface area contributed by atoms with E-state index in [4.69, 9.17) is 0 Å². The number of amides is 1. The van der Waals surface area contributed by atoms with Crippen molar-refractivity contribution < 1.29 is 4.79 Å². The highest BCUT2D eigenvalue weighted by Gasteiger charge is 2.10. The fourth-order valence-electron chi connectivity index (χ4n) is 2.60. The van der Waals surface area contributed by atoms with Crippen LogP contribution in [0.2, 0.25) is 0 Å². The number of hydrogen-bond donors (Lipinski definition) is 2. The average molecular weight is 331 g/mol. The molecule has 3 rings (SSSR count). The molecule has 2 aromatic carbocycles. The van der Waals surface area contributed by atoms with Crippen molar-refractivity contribution in [3.8, 4) is 0 Å². The number of anilines is 2. The first-order chi connectivity index (χ1) is 12.3. The van der Waals surface area contributed by atoms with Gasteiger partial charge in [-0.1, -0.05) is 55.5 Å². The van der Waals surface area contributed by atoms with Gasteiger partial charge in [0.1, 0.15) is 5.69 Å². The van der Waals surface area contributed by atoms with Crippen LogP contribution in [0.3, 0.4) is 0 Å². The van der Waals surface area contributed by atoms with Crippen LogP contribution in [0.15, 0.2) is 72.9 Å². The number of carbonyl (C=O) groups excluding carboxylic acids is 1. The molecule has 3 aromatic rings. The van der Waals surface area contributed by atoms with E-state index in [9.17, 15) is 4.79 Å². The van der Waals surface area contributed by atoms with Crippen molar-refractivity contribution in [1.29, 1.82) is 0 Å². The number of nitrogens with one attached hydrogen (secondary N) is 2. The third kappa shape index (κ3) is 4.44. The normalized spacial score (nSPS) is 10.3. The molecule has 4 nitrogen and oxygen atoms in total. The van der Waals surface area contributed by atoms with Gasteiger partial charge in [0.25, 0.3) is 5.91 Å². The SMILES string of the molecule is CCc1ccccc1NC(=O)c1cc(NCc2ccccc2)ccn1. The predicted octanol–water partition coefficient (Wildman–Crippen LogP) is 4.51. The second kappa shape index (κ2) is 8.11. The van der Waals surface area contributed by atoms with Crippen molar-refractivity contribution in [1.82, 2.24) is 4.98 Å². The lowest BCUT2D eigenvalue weighted by Gasteiger charge is -2.11. The van der Waals surface area contributed by atoms with Gasteiger partial charge in [0.2, 0.25) is 0 Å². The van der Waals surface area contributed by atoms with Gasteiger partial charge >= 0.3 is 0 Å². The summed E-state index contributed by atoms with van der Waals surface area (Å²) in [6, 6.07) is 21.6. The van der Waals surface area contributed by atoms with Crippen molar-refractivity contribution in [2.45, 2.75) is 19.9 Å². The smallest absolute Gasteiger partial charge is 0.274 e. The first kappa shape index (κ1) is 16.7. The first-order valence-corrected chi connectivity index (χ1v) is 8.39. The minimum atomic E-state index is -0.204. The van der Waals surface area contributed by atoms with E-state index in [0.717, 1.165) is 23.4 Å². The Kier molecular flexibility index (Phi) is 5.42. The number of aryl methyl sites for hydroxylation is 1. The van der Waals surface area contributed by atoms with Gasteiger partial charge in [-0.3, -0.25) is 9.78 Å². The number of rotatable bonds is 6. The topological polar surface area (TPSA) is 54.0 Å². The van der Waals surface area contributed by atoms with Crippen molar-refractivity contribution in [2.75, 3.05) is 10.6 Å². The number of hydrogen-bond acceptors (Lipinski definition) is 3. The van der Waals surface area contributed by atoms with Gasteiger partial charge < -0.3 is 10.6 Å². The fourth-order valence-corrected chi connectivity index (χ4v) is 2.60. The van der Waals surface area contributed by atoms with E-state index in [-0.39, 0.29) is 5.91 Å². The maximum absolute atomic E-state index is 12.5. The Morgan fingerprint density at radius 3 is 2.56 bits per heavy atom. The zero-order chi connectivity index (χ0) is 17.5. The van der Waals surface area contributed by atoms with Crippen LogP contribution < -0.4 is 10.6 Å². The maximum atomic E-state index is 12.5. The Hall–Kier alpha value is -3.14. The van der Waals surface area contributed by atoms with Crippen molar-refractivity contribution in [3.63, 3.8) is 0 Å². The Morgan fingerprint density at radius 1 is 1.00 bits per heavy atom. The standard InChI is InChI=1S/C21H21N3O/c1-2-17-10-6-7-11-19(17)24-21(25)20-14-18(12-13-22-20)23-15-16-8-4-3-5-9-16/h3-14H,2,15H2,1H3,(H,22,23)(H,24,25). The van der Waals surface area contributed by atoms with Gasteiger partial charge in [-0.25, -0.2) is 0 Å². The van der Waals surface area contributed by atoms with Gasteiger partial charge in [-0.15, -0.1) is 0 Å². The summed E-state index contributed by atoms with van der Waals surface area (Å²) in [7, 11) is 0. The molecule has 0 aliphatic rings. The number of para-hydroxylation sites is 1. The summed E-state index contributed by atoms with van der Waals surface area (Å²) in [6.07, 6.45) is 2.51. The van der Waals surface area contributed by atoms with Crippen LogP contribution in [0.4, 0.5) is 11.4 Å². The van der Waals surface area contributed by atoms with Gasteiger partial charge in [0.05, 0.1) is 0 Å². The monoisotopic (exact) mass is 331 g/mol. The van der Waals surface area contributed by atoms with Crippen LogP contribution in [0.1, 0.15) is 28.5 Å². The molecule has 0 spiro atoms. The second-order valence-corrected chi connectivity index (χ2v) is 5.73. The molecule has 0 saturated heterocycles. The summed E-state index contributed by atoms with van der Waals surface area (Å²) in [4.78, 5) is 16.7. The number of nitrogens with zero attached hydrogens (tertiary/aromatic N) is 1. The van der Waals surface area contributed by atoms with Gasteiger partial charge in [-0.2, -0.15) is 0 Å². The van der Waals surface area contributed by atoms with Crippen molar-refractivity contribution in [3.05, 3.63) is 89.7 Å². The van der Waals surface area contributed by atoms with Crippen LogP contribution in [0, 0.1) is 0 Å². The molecule has 1 amide bonds. The largest absolute Gasteiger partial charge is 0.381 e. The highest BCUT2D eigenvalue weighted by Crippen LogP contribution is 2.17. The molecule has 0 unspecified atom stereocenters. The Bertz CT molecular complexity index is 847. The number of pyridine rings is 1. The van der Waals surface area contributed by atoms with Crippen LogP contribution >= 0.6 is 0 Å². The number of aromatic nitrogens is 1. The summed E-state index contributed by atoms with van der Waals surface area (Å²) in [5.74, 6) is -0.204. The molecule has 25 heavy (non-hydrogen) atoms. The molecule has 0 radical (unpaired) electrons. The average Bonchev–Trinajstić information content (AvgIpc) is 2.68. The molecule has 0 aliphatic heterocycles. The summed E-state index contributed by atoms with van der Waals surface area (Å²) in [5.41, 5.74) is 4.38. The van der Waals surface area contributed by atoms with Crippen LogP contribution in [-0.2, 0) is 13.0 Å². The molecule has 0 saturated carbocycles. The zero-order valence-corrected chi connectivity index (χ0v) is 14.2. The molecule has 4 heteroatoms. The molecule has 0 atom stereocenters. The lowest BCUT2D eigenvalue weighted by molar-refractivity contribution is 0.102. The highest BCUT2D eigenvalue weighted by molar-refractivity contribution is 6.03. The van der Waals surface area contributed by atoms with E-state index in [1.807, 2.05) is 48.5 Å². The summed E-state index contributed by atoms with van der Waals surface area (Å²) in [5, 5.41) is 6.27. The van der Waals surface area contributed by atoms with E-state index >= 15 is 0 Å². The molecular formula is C21H21N3O. The first-order valence-electron chi connectivity index (χ1n) is 8.39. The summed E-state index contributed by atoms with van der Waals surface area (Å²) < 4.78 is 0. The van der Waals surface area contributed by atoms with Gasteiger partial charge in [0, 0.05) is 24.1 Å². The Labute approximate surface area is 147 Å². The molecule has 0 fully saturated rings. The Morgan fingerprint density at radius 2 is 1.76 bits per heavy atom. The molecular weight excluding hydrogens is 310 g/mol.